The number of nitrogens with zero attached hydrogens (tertiary/aromatic N) is 1. The highest BCUT2D eigenvalue weighted by Crippen LogP contribution is 2.25. The molecule has 76 valence electrons. The summed E-state index contributed by atoms with van der Waals surface area (Å²) in [6.07, 6.45) is 4.61. The first kappa shape index (κ1) is 9.45. The van der Waals surface area contributed by atoms with Gasteiger partial charge in [0.05, 0.1) is 6.61 Å². The predicted molar refractivity (Wildman–Crippen MR) is 51.2 cm³/mol. The summed E-state index contributed by atoms with van der Waals surface area (Å²) in [6.45, 7) is 0.653. The van der Waals surface area contributed by atoms with E-state index in [4.69, 9.17) is 4.74 Å². The fraction of sp³-hybridized carbons (Fsp3) is 0.444. The smallest absolute Gasteiger partial charge is 0.192 e. The van der Waals surface area contributed by atoms with Crippen LogP contribution in [0.5, 0.6) is 5.75 Å². The SMILES string of the molecule is CS(=O)(=O)c1cc2c(cn1)CCCO2. The summed E-state index contributed by atoms with van der Waals surface area (Å²) in [6, 6.07) is 1.50. The van der Waals surface area contributed by atoms with Crippen molar-refractivity contribution in [2.24, 2.45) is 0 Å². The first-order chi connectivity index (χ1) is 6.57. The molecule has 0 saturated carbocycles. The molecule has 2 rings (SSSR count). The average Bonchev–Trinajstić information content (AvgIpc) is 2.16. The summed E-state index contributed by atoms with van der Waals surface area (Å²) in [5, 5.41) is 0.0816. The summed E-state index contributed by atoms with van der Waals surface area (Å²) >= 11 is 0. The molecule has 0 bridgehead atoms. The van der Waals surface area contributed by atoms with Crippen LogP contribution in [-0.4, -0.2) is 26.3 Å². The van der Waals surface area contributed by atoms with Crippen LogP contribution in [0.1, 0.15) is 12.0 Å². The Balaban J connectivity index is 2.49. The number of pyridine rings is 1. The van der Waals surface area contributed by atoms with E-state index in [0.29, 0.717) is 12.4 Å². The highest BCUT2D eigenvalue weighted by Gasteiger charge is 2.15. The van der Waals surface area contributed by atoms with Crippen LogP contribution >= 0.6 is 0 Å². The number of rotatable bonds is 1. The lowest BCUT2D eigenvalue weighted by molar-refractivity contribution is 0.286. The number of ether oxygens (including phenoxy) is 1. The van der Waals surface area contributed by atoms with Crippen molar-refractivity contribution >= 4 is 9.84 Å². The third kappa shape index (κ3) is 1.72. The molecule has 0 fully saturated rings. The molecule has 0 atom stereocenters. The Bertz CT molecular complexity index is 453. The van der Waals surface area contributed by atoms with Gasteiger partial charge in [0.1, 0.15) is 5.75 Å². The van der Waals surface area contributed by atoms with Gasteiger partial charge in [-0.3, -0.25) is 0 Å². The Hall–Kier alpha value is -1.10. The lowest BCUT2D eigenvalue weighted by Crippen LogP contribution is -2.10. The van der Waals surface area contributed by atoms with Crippen LogP contribution in [0, 0.1) is 0 Å². The summed E-state index contributed by atoms with van der Waals surface area (Å²) in [7, 11) is -3.23. The van der Waals surface area contributed by atoms with E-state index < -0.39 is 9.84 Å². The van der Waals surface area contributed by atoms with Crippen LogP contribution < -0.4 is 4.74 Å². The third-order valence-corrected chi connectivity index (χ3v) is 3.13. The maximum atomic E-state index is 11.2. The molecule has 0 aliphatic carbocycles. The van der Waals surface area contributed by atoms with E-state index in [0.717, 1.165) is 24.7 Å². The second kappa shape index (κ2) is 3.24. The number of aromatic nitrogens is 1. The van der Waals surface area contributed by atoms with Gasteiger partial charge in [-0.1, -0.05) is 0 Å². The first-order valence-corrected chi connectivity index (χ1v) is 6.28. The van der Waals surface area contributed by atoms with Gasteiger partial charge >= 0.3 is 0 Å². The van der Waals surface area contributed by atoms with E-state index in [1.54, 1.807) is 6.20 Å². The molecular weight excluding hydrogens is 202 g/mol. The van der Waals surface area contributed by atoms with Gasteiger partial charge in [-0.2, -0.15) is 0 Å². The Labute approximate surface area is 82.8 Å². The molecule has 0 radical (unpaired) electrons. The third-order valence-electron chi connectivity index (χ3n) is 2.15. The minimum absolute atomic E-state index is 0.0816. The van der Waals surface area contributed by atoms with Crippen molar-refractivity contribution in [3.8, 4) is 5.75 Å². The van der Waals surface area contributed by atoms with Crippen LogP contribution in [0.25, 0.3) is 0 Å². The standard InChI is InChI=1S/C9H11NO3S/c1-14(11,12)9-5-8-7(6-10-9)3-2-4-13-8/h5-6H,2-4H2,1H3. The van der Waals surface area contributed by atoms with Gasteiger partial charge in [0.2, 0.25) is 0 Å². The quantitative estimate of drug-likeness (QED) is 0.692. The van der Waals surface area contributed by atoms with Crippen molar-refractivity contribution in [3.05, 3.63) is 17.8 Å². The maximum absolute atomic E-state index is 11.2. The molecule has 0 saturated heterocycles. The summed E-state index contributed by atoms with van der Waals surface area (Å²) in [5.74, 6) is 0.659. The number of fused-ring (bicyclic) bond motifs is 1. The number of hydrogen-bond donors (Lipinski definition) is 0. The average molecular weight is 213 g/mol. The molecule has 0 N–H and O–H groups in total. The zero-order valence-electron chi connectivity index (χ0n) is 7.86. The zero-order chi connectivity index (χ0) is 10.2. The molecule has 0 amide bonds. The summed E-state index contributed by atoms with van der Waals surface area (Å²) < 4.78 is 27.8. The van der Waals surface area contributed by atoms with Gasteiger partial charge in [-0.25, -0.2) is 13.4 Å². The molecule has 1 aliphatic rings. The van der Waals surface area contributed by atoms with E-state index in [-0.39, 0.29) is 5.03 Å². The topological polar surface area (TPSA) is 56.3 Å². The fourth-order valence-corrected chi connectivity index (χ4v) is 1.98. The molecule has 1 aromatic rings. The Morgan fingerprint density at radius 3 is 3.00 bits per heavy atom. The lowest BCUT2D eigenvalue weighted by atomic mass is 10.1. The highest BCUT2D eigenvalue weighted by atomic mass is 32.2. The monoisotopic (exact) mass is 213 g/mol. The van der Waals surface area contributed by atoms with Gasteiger partial charge < -0.3 is 4.74 Å². The Morgan fingerprint density at radius 2 is 2.29 bits per heavy atom. The van der Waals surface area contributed by atoms with E-state index in [1.165, 1.54) is 6.07 Å². The van der Waals surface area contributed by atoms with Crippen molar-refractivity contribution in [3.63, 3.8) is 0 Å². The van der Waals surface area contributed by atoms with E-state index in [9.17, 15) is 8.42 Å². The molecule has 0 unspecified atom stereocenters. The molecule has 1 aromatic heterocycles. The van der Waals surface area contributed by atoms with Crippen LogP contribution in [-0.2, 0) is 16.3 Å². The van der Waals surface area contributed by atoms with E-state index >= 15 is 0 Å². The van der Waals surface area contributed by atoms with Gasteiger partial charge in [-0.05, 0) is 12.8 Å². The fourth-order valence-electron chi connectivity index (χ4n) is 1.42. The minimum Gasteiger partial charge on any atom is -0.493 e. The van der Waals surface area contributed by atoms with Crippen molar-refractivity contribution in [2.75, 3.05) is 12.9 Å². The number of hydrogen-bond acceptors (Lipinski definition) is 4. The molecule has 4 nitrogen and oxygen atoms in total. The van der Waals surface area contributed by atoms with Gasteiger partial charge in [0, 0.05) is 24.1 Å². The molecule has 0 spiro atoms. The van der Waals surface area contributed by atoms with Crippen molar-refractivity contribution in [1.82, 2.24) is 4.98 Å². The lowest BCUT2D eigenvalue weighted by Gasteiger charge is -2.16. The number of sulfone groups is 1. The molecule has 2 heterocycles. The van der Waals surface area contributed by atoms with Gasteiger partial charge in [0.25, 0.3) is 0 Å². The van der Waals surface area contributed by atoms with E-state index in [1.807, 2.05) is 0 Å². The molecule has 5 heteroatoms. The van der Waals surface area contributed by atoms with Crippen LogP contribution in [0.2, 0.25) is 0 Å². The molecule has 14 heavy (non-hydrogen) atoms. The van der Waals surface area contributed by atoms with Crippen LogP contribution in [0.15, 0.2) is 17.3 Å². The van der Waals surface area contributed by atoms with Gasteiger partial charge in [0.15, 0.2) is 14.9 Å². The summed E-state index contributed by atoms with van der Waals surface area (Å²) in [5.41, 5.74) is 0.989. The van der Waals surface area contributed by atoms with E-state index in [2.05, 4.69) is 4.98 Å². The van der Waals surface area contributed by atoms with Crippen molar-refractivity contribution < 1.29 is 13.2 Å². The maximum Gasteiger partial charge on any atom is 0.192 e. The normalized spacial score (nSPS) is 15.8. The van der Waals surface area contributed by atoms with Crippen LogP contribution in [0.4, 0.5) is 0 Å². The molecular formula is C9H11NO3S. The second-order valence-corrected chi connectivity index (χ2v) is 5.32. The minimum atomic E-state index is -3.23. The van der Waals surface area contributed by atoms with Crippen molar-refractivity contribution in [2.45, 2.75) is 17.9 Å². The van der Waals surface area contributed by atoms with Crippen molar-refractivity contribution in [1.29, 1.82) is 0 Å². The molecule has 0 aromatic carbocycles. The number of aryl methyl sites for hydroxylation is 1. The molecule has 1 aliphatic heterocycles. The van der Waals surface area contributed by atoms with Crippen LogP contribution in [0.3, 0.4) is 0 Å². The largest absolute Gasteiger partial charge is 0.493 e. The Morgan fingerprint density at radius 1 is 1.50 bits per heavy atom. The second-order valence-electron chi connectivity index (χ2n) is 3.35. The van der Waals surface area contributed by atoms with Gasteiger partial charge in [-0.15, -0.1) is 0 Å². The Kier molecular flexibility index (Phi) is 2.19. The highest BCUT2D eigenvalue weighted by molar-refractivity contribution is 7.90. The predicted octanol–water partition coefficient (Wildman–Crippen LogP) is 0.810. The summed E-state index contributed by atoms with van der Waals surface area (Å²) in [4.78, 5) is 3.90. The zero-order valence-corrected chi connectivity index (χ0v) is 8.67. The first-order valence-electron chi connectivity index (χ1n) is 4.39.